The minimum Gasteiger partial charge on any atom is -0.460 e. The lowest BCUT2D eigenvalue weighted by Crippen LogP contribution is -2.58. The van der Waals surface area contributed by atoms with Crippen molar-refractivity contribution in [1.82, 2.24) is 5.32 Å². The number of benzene rings is 1. The monoisotopic (exact) mass is 375 g/mol. The molecule has 0 spiro atoms. The Hall–Kier alpha value is -0.960. The average molecular weight is 376 g/mol. The molecule has 0 aliphatic heterocycles. The second-order valence-electron chi connectivity index (χ2n) is 8.44. The third-order valence-electron chi connectivity index (χ3n) is 6.53. The van der Waals surface area contributed by atoms with E-state index in [2.05, 4.69) is 11.4 Å². The zero-order chi connectivity index (χ0) is 17.0. The van der Waals surface area contributed by atoms with Crippen LogP contribution in [0.25, 0.3) is 11.3 Å². The van der Waals surface area contributed by atoms with Gasteiger partial charge < -0.3 is 9.73 Å². The molecule has 4 bridgehead atoms. The van der Waals surface area contributed by atoms with E-state index < -0.39 is 0 Å². The molecule has 4 fully saturated rings. The first kappa shape index (κ1) is 16.2. The SMILES string of the molecule is Clc1ccc(Cl)c(-c2ccc(CNC34CC5CC(CC(C5)C3)C4)o2)c1. The van der Waals surface area contributed by atoms with E-state index in [1.807, 2.05) is 18.2 Å². The van der Waals surface area contributed by atoms with Crippen molar-refractivity contribution in [1.29, 1.82) is 0 Å². The Morgan fingerprint density at radius 3 is 2.32 bits per heavy atom. The molecule has 0 radical (unpaired) electrons. The minimum atomic E-state index is 0.357. The van der Waals surface area contributed by atoms with Gasteiger partial charge in [-0.1, -0.05) is 23.2 Å². The number of hydrogen-bond acceptors (Lipinski definition) is 2. The van der Waals surface area contributed by atoms with Gasteiger partial charge in [0.25, 0.3) is 0 Å². The largest absolute Gasteiger partial charge is 0.460 e. The van der Waals surface area contributed by atoms with E-state index in [1.165, 1.54) is 38.5 Å². The minimum absolute atomic E-state index is 0.357. The van der Waals surface area contributed by atoms with Gasteiger partial charge in [-0.15, -0.1) is 0 Å². The van der Waals surface area contributed by atoms with Crippen LogP contribution in [0, 0.1) is 17.8 Å². The smallest absolute Gasteiger partial charge is 0.135 e. The lowest BCUT2D eigenvalue weighted by molar-refractivity contribution is -0.0213. The first-order valence-electron chi connectivity index (χ1n) is 9.38. The summed E-state index contributed by atoms with van der Waals surface area (Å²) in [6.45, 7) is 0.796. The molecule has 0 saturated heterocycles. The summed E-state index contributed by atoms with van der Waals surface area (Å²) < 4.78 is 6.06. The summed E-state index contributed by atoms with van der Waals surface area (Å²) in [6, 6.07) is 9.52. The van der Waals surface area contributed by atoms with Gasteiger partial charge in [0.1, 0.15) is 11.5 Å². The van der Waals surface area contributed by atoms with Gasteiger partial charge in [-0.05, 0) is 86.6 Å². The second-order valence-corrected chi connectivity index (χ2v) is 9.29. The summed E-state index contributed by atoms with van der Waals surface area (Å²) in [4.78, 5) is 0. The van der Waals surface area contributed by atoms with Crippen molar-refractivity contribution in [3.63, 3.8) is 0 Å². The zero-order valence-corrected chi connectivity index (χ0v) is 15.7. The summed E-state index contributed by atoms with van der Waals surface area (Å²) in [5.74, 6) is 4.63. The highest BCUT2D eigenvalue weighted by Gasteiger charge is 2.50. The summed E-state index contributed by atoms with van der Waals surface area (Å²) in [6.07, 6.45) is 8.48. The molecule has 1 N–H and O–H groups in total. The molecule has 132 valence electrons. The summed E-state index contributed by atoms with van der Waals surface area (Å²) in [7, 11) is 0. The molecular weight excluding hydrogens is 353 g/mol. The van der Waals surface area contributed by atoms with E-state index in [9.17, 15) is 0 Å². The van der Waals surface area contributed by atoms with Gasteiger partial charge in [-0.2, -0.15) is 0 Å². The molecule has 4 aliphatic carbocycles. The molecule has 6 rings (SSSR count). The third-order valence-corrected chi connectivity index (χ3v) is 7.10. The maximum atomic E-state index is 6.29. The van der Waals surface area contributed by atoms with Gasteiger partial charge in [-0.25, -0.2) is 0 Å². The van der Waals surface area contributed by atoms with Crippen LogP contribution in [-0.2, 0) is 6.54 Å². The molecular formula is C21H23Cl2NO. The molecule has 4 heteroatoms. The summed E-state index contributed by atoms with van der Waals surface area (Å²) in [5.41, 5.74) is 1.21. The Morgan fingerprint density at radius 1 is 0.960 bits per heavy atom. The Labute approximate surface area is 158 Å². The van der Waals surface area contributed by atoms with Gasteiger partial charge >= 0.3 is 0 Å². The summed E-state index contributed by atoms with van der Waals surface area (Å²) in [5, 5.41) is 5.22. The highest BCUT2D eigenvalue weighted by molar-refractivity contribution is 6.35. The molecule has 1 aromatic carbocycles. The Morgan fingerprint density at radius 2 is 1.64 bits per heavy atom. The van der Waals surface area contributed by atoms with Crippen molar-refractivity contribution in [2.24, 2.45) is 17.8 Å². The van der Waals surface area contributed by atoms with Crippen LogP contribution in [0.3, 0.4) is 0 Å². The first-order valence-corrected chi connectivity index (χ1v) is 10.1. The Bertz CT molecular complexity index is 762. The fourth-order valence-electron chi connectivity index (χ4n) is 5.91. The normalized spacial score (nSPS) is 33.1. The van der Waals surface area contributed by atoms with Crippen LogP contribution in [0.2, 0.25) is 10.0 Å². The van der Waals surface area contributed by atoms with Crippen molar-refractivity contribution < 1.29 is 4.42 Å². The molecule has 2 aromatic rings. The van der Waals surface area contributed by atoms with E-state index in [0.717, 1.165) is 41.4 Å². The van der Waals surface area contributed by atoms with Crippen molar-refractivity contribution >= 4 is 23.2 Å². The van der Waals surface area contributed by atoms with Crippen molar-refractivity contribution in [3.05, 3.63) is 46.1 Å². The van der Waals surface area contributed by atoms with Gasteiger partial charge in [0, 0.05) is 16.1 Å². The molecule has 1 aromatic heterocycles. The molecule has 4 saturated carbocycles. The third kappa shape index (κ3) is 3.03. The Kier molecular flexibility index (Phi) is 3.92. The highest BCUT2D eigenvalue weighted by atomic mass is 35.5. The fraction of sp³-hybridized carbons (Fsp3) is 0.524. The van der Waals surface area contributed by atoms with Crippen molar-refractivity contribution in [2.75, 3.05) is 0 Å². The van der Waals surface area contributed by atoms with Crippen molar-refractivity contribution in [3.8, 4) is 11.3 Å². The van der Waals surface area contributed by atoms with Gasteiger partial charge in [0.2, 0.25) is 0 Å². The fourth-order valence-corrected chi connectivity index (χ4v) is 6.29. The van der Waals surface area contributed by atoms with Crippen LogP contribution in [0.15, 0.2) is 34.7 Å². The predicted octanol–water partition coefficient (Wildman–Crippen LogP) is 6.31. The number of rotatable bonds is 4. The van der Waals surface area contributed by atoms with Crippen LogP contribution in [0.1, 0.15) is 44.3 Å². The zero-order valence-electron chi connectivity index (χ0n) is 14.2. The number of nitrogens with one attached hydrogen (secondary N) is 1. The van der Waals surface area contributed by atoms with E-state index in [0.29, 0.717) is 15.6 Å². The first-order chi connectivity index (χ1) is 12.1. The molecule has 4 aliphatic rings. The maximum absolute atomic E-state index is 6.29. The predicted molar refractivity (Wildman–Crippen MR) is 102 cm³/mol. The van der Waals surface area contributed by atoms with Crippen molar-refractivity contribution in [2.45, 2.75) is 50.6 Å². The van der Waals surface area contributed by atoms with E-state index in [4.69, 9.17) is 27.6 Å². The van der Waals surface area contributed by atoms with Crippen LogP contribution in [0.5, 0.6) is 0 Å². The van der Waals surface area contributed by atoms with E-state index >= 15 is 0 Å². The average Bonchev–Trinajstić information content (AvgIpc) is 3.03. The summed E-state index contributed by atoms with van der Waals surface area (Å²) >= 11 is 12.4. The second kappa shape index (κ2) is 6.04. The van der Waals surface area contributed by atoms with Gasteiger partial charge in [-0.3, -0.25) is 0 Å². The van der Waals surface area contributed by atoms with Gasteiger partial charge in [0.05, 0.1) is 11.6 Å². The van der Waals surface area contributed by atoms with E-state index in [-0.39, 0.29) is 0 Å². The van der Waals surface area contributed by atoms with Crippen LogP contribution in [0.4, 0.5) is 0 Å². The number of furan rings is 1. The molecule has 25 heavy (non-hydrogen) atoms. The molecule has 0 amide bonds. The lowest BCUT2D eigenvalue weighted by atomic mass is 9.53. The van der Waals surface area contributed by atoms with Crippen LogP contribution in [-0.4, -0.2) is 5.54 Å². The lowest BCUT2D eigenvalue weighted by Gasteiger charge is -2.57. The number of halogens is 2. The van der Waals surface area contributed by atoms with Gasteiger partial charge in [0.15, 0.2) is 0 Å². The molecule has 0 atom stereocenters. The quantitative estimate of drug-likeness (QED) is 0.676. The Balaban J connectivity index is 1.31. The van der Waals surface area contributed by atoms with Crippen LogP contribution >= 0.6 is 23.2 Å². The number of hydrogen-bond donors (Lipinski definition) is 1. The van der Waals surface area contributed by atoms with E-state index in [1.54, 1.807) is 6.07 Å². The topological polar surface area (TPSA) is 25.2 Å². The standard InChI is InChI=1S/C21H23Cl2NO/c22-16-1-3-19(23)18(8-16)20-4-2-17(25-20)12-24-21-9-13-5-14(10-21)7-15(6-13)11-21/h1-4,8,13-15,24H,5-7,9-12H2. The van der Waals surface area contributed by atoms with Crippen LogP contribution < -0.4 is 5.32 Å². The maximum Gasteiger partial charge on any atom is 0.135 e. The molecule has 0 unspecified atom stereocenters. The highest BCUT2D eigenvalue weighted by Crippen LogP contribution is 2.55. The molecule has 2 nitrogen and oxygen atoms in total. The molecule has 1 heterocycles.